The van der Waals surface area contributed by atoms with Gasteiger partial charge in [0.1, 0.15) is 11.2 Å². The van der Waals surface area contributed by atoms with Gasteiger partial charge in [0.05, 0.1) is 22.6 Å². The number of hydrogen-bond acceptors (Lipinski definition) is 4. The summed E-state index contributed by atoms with van der Waals surface area (Å²) in [5.74, 6) is 0.658. The van der Waals surface area contributed by atoms with Gasteiger partial charge >= 0.3 is 0 Å². The number of rotatable bonds is 7. The van der Waals surface area contributed by atoms with Crippen LogP contribution in [0, 0.1) is 0 Å². The van der Waals surface area contributed by atoms with Crippen molar-refractivity contribution in [3.63, 3.8) is 0 Å². The van der Waals surface area contributed by atoms with Crippen molar-refractivity contribution in [1.82, 2.24) is 15.0 Å². The Bertz CT molecular complexity index is 3520. The lowest BCUT2D eigenvalue weighted by Gasteiger charge is -2.16. The first-order valence-corrected chi connectivity index (χ1v) is 21.3. The van der Waals surface area contributed by atoms with Gasteiger partial charge in [0.2, 0.25) is 0 Å². The lowest BCUT2D eigenvalue weighted by molar-refractivity contribution is 0.669. The van der Waals surface area contributed by atoms with Crippen LogP contribution in [0.4, 0.5) is 0 Å². The van der Waals surface area contributed by atoms with Crippen molar-refractivity contribution in [2.45, 2.75) is 0 Å². The van der Waals surface area contributed by atoms with E-state index in [-0.39, 0.29) is 0 Å². The molecule has 0 aliphatic rings. The molecule has 4 nitrogen and oxygen atoms in total. The van der Waals surface area contributed by atoms with Gasteiger partial charge in [-0.3, -0.25) is 0 Å². The third-order valence-electron chi connectivity index (χ3n) is 12.1. The highest BCUT2D eigenvalue weighted by atomic mass is 16.3. The van der Waals surface area contributed by atoms with E-state index in [0.717, 1.165) is 105 Å². The Morgan fingerprint density at radius 3 is 1.35 bits per heavy atom. The summed E-state index contributed by atoms with van der Waals surface area (Å²) in [4.78, 5) is 15.8. The normalized spacial score (nSPS) is 11.5. The number of fused-ring (bicyclic) bond motifs is 6. The SMILES string of the molecule is c1ccc(-c2ccc(-c3cc(-c4ccc(-c5ccccc5)cc4)nc(-c4ccc(-c5c6c(cc7c(-c8ccccc8)nc8ccccc8c57)oc5ccccc56)cc4)n3)cc2)cc1. The summed E-state index contributed by atoms with van der Waals surface area (Å²) in [7, 11) is 0. The molecule has 9 aromatic carbocycles. The second-order valence-corrected chi connectivity index (χ2v) is 15.9. The van der Waals surface area contributed by atoms with E-state index >= 15 is 0 Å². The van der Waals surface area contributed by atoms with Gasteiger partial charge in [-0.15, -0.1) is 0 Å². The molecule has 3 aromatic heterocycles. The van der Waals surface area contributed by atoms with Crippen LogP contribution in [-0.4, -0.2) is 15.0 Å². The molecular formula is C59H37N3O. The molecule has 294 valence electrons. The number of para-hydroxylation sites is 2. The minimum absolute atomic E-state index is 0.658. The van der Waals surface area contributed by atoms with Gasteiger partial charge in [-0.05, 0) is 52.1 Å². The molecular weight excluding hydrogens is 767 g/mol. The van der Waals surface area contributed by atoms with Crippen LogP contribution in [0.2, 0.25) is 0 Å². The predicted octanol–water partition coefficient (Wildman–Crippen LogP) is 15.7. The van der Waals surface area contributed by atoms with E-state index in [1.54, 1.807) is 0 Å². The molecule has 0 radical (unpaired) electrons. The van der Waals surface area contributed by atoms with Crippen LogP contribution in [-0.2, 0) is 0 Å². The molecule has 3 heterocycles. The minimum Gasteiger partial charge on any atom is -0.456 e. The second kappa shape index (κ2) is 15.2. The third kappa shape index (κ3) is 6.53. The number of nitrogens with zero attached hydrogens (tertiary/aromatic N) is 3. The van der Waals surface area contributed by atoms with Crippen LogP contribution in [0.15, 0.2) is 229 Å². The van der Waals surface area contributed by atoms with Crippen molar-refractivity contribution in [3.8, 4) is 78.5 Å². The van der Waals surface area contributed by atoms with Gasteiger partial charge in [0, 0.05) is 54.7 Å². The molecule has 0 fully saturated rings. The molecule has 0 amide bonds. The molecule has 0 aliphatic heterocycles. The zero-order valence-electron chi connectivity index (χ0n) is 34.1. The quantitative estimate of drug-likeness (QED) is 0.151. The van der Waals surface area contributed by atoms with Gasteiger partial charge in [0.15, 0.2) is 5.82 Å². The molecule has 63 heavy (non-hydrogen) atoms. The van der Waals surface area contributed by atoms with Crippen molar-refractivity contribution in [1.29, 1.82) is 0 Å². The molecule has 0 spiro atoms. The summed E-state index contributed by atoms with van der Waals surface area (Å²) >= 11 is 0. The van der Waals surface area contributed by atoms with E-state index in [4.69, 9.17) is 19.4 Å². The first kappa shape index (κ1) is 36.4. The predicted molar refractivity (Wildman–Crippen MR) is 260 cm³/mol. The maximum absolute atomic E-state index is 6.65. The van der Waals surface area contributed by atoms with Crippen LogP contribution < -0.4 is 0 Å². The van der Waals surface area contributed by atoms with Gasteiger partial charge < -0.3 is 4.42 Å². The number of furan rings is 1. The lowest BCUT2D eigenvalue weighted by atomic mass is 9.89. The fourth-order valence-electron chi connectivity index (χ4n) is 9.01. The Kier molecular flexibility index (Phi) is 8.79. The van der Waals surface area contributed by atoms with Crippen LogP contribution in [0.3, 0.4) is 0 Å². The molecule has 0 unspecified atom stereocenters. The smallest absolute Gasteiger partial charge is 0.160 e. The van der Waals surface area contributed by atoms with E-state index in [2.05, 4.69) is 194 Å². The maximum atomic E-state index is 6.65. The third-order valence-corrected chi connectivity index (χ3v) is 12.1. The zero-order valence-corrected chi connectivity index (χ0v) is 34.1. The van der Waals surface area contributed by atoms with Crippen LogP contribution in [0.1, 0.15) is 0 Å². The van der Waals surface area contributed by atoms with Crippen molar-refractivity contribution in [2.24, 2.45) is 0 Å². The molecule has 0 bridgehead atoms. The number of benzene rings is 9. The molecule has 12 rings (SSSR count). The Hall–Kier alpha value is -8.47. The fraction of sp³-hybridized carbons (Fsp3) is 0. The van der Waals surface area contributed by atoms with Gasteiger partial charge in [0.25, 0.3) is 0 Å². The van der Waals surface area contributed by atoms with Crippen molar-refractivity contribution in [3.05, 3.63) is 224 Å². The minimum atomic E-state index is 0.658. The number of aromatic nitrogens is 3. The van der Waals surface area contributed by atoms with Crippen LogP contribution in [0.5, 0.6) is 0 Å². The first-order chi connectivity index (χ1) is 31.2. The topological polar surface area (TPSA) is 51.8 Å². The highest BCUT2D eigenvalue weighted by Gasteiger charge is 2.22. The highest BCUT2D eigenvalue weighted by molar-refractivity contribution is 6.27. The molecule has 12 aromatic rings. The van der Waals surface area contributed by atoms with Crippen molar-refractivity contribution in [2.75, 3.05) is 0 Å². The Balaban J connectivity index is 1.03. The Morgan fingerprint density at radius 1 is 0.286 bits per heavy atom. The van der Waals surface area contributed by atoms with Crippen molar-refractivity contribution < 1.29 is 4.42 Å². The Morgan fingerprint density at radius 2 is 0.746 bits per heavy atom. The summed E-state index contributed by atoms with van der Waals surface area (Å²) in [6, 6.07) is 78.5. The van der Waals surface area contributed by atoms with E-state index in [1.807, 2.05) is 30.3 Å². The van der Waals surface area contributed by atoms with Gasteiger partial charge in [-0.25, -0.2) is 15.0 Å². The average molecular weight is 804 g/mol. The molecule has 0 N–H and O–H groups in total. The maximum Gasteiger partial charge on any atom is 0.160 e. The summed E-state index contributed by atoms with van der Waals surface area (Å²) in [5, 5.41) is 5.44. The van der Waals surface area contributed by atoms with Gasteiger partial charge in [-0.2, -0.15) is 0 Å². The zero-order chi connectivity index (χ0) is 41.7. The summed E-state index contributed by atoms with van der Waals surface area (Å²) < 4.78 is 6.65. The summed E-state index contributed by atoms with van der Waals surface area (Å²) in [6.45, 7) is 0. The van der Waals surface area contributed by atoms with E-state index in [1.165, 1.54) is 11.1 Å². The Labute approximate surface area is 364 Å². The van der Waals surface area contributed by atoms with E-state index in [9.17, 15) is 0 Å². The number of pyridine rings is 1. The van der Waals surface area contributed by atoms with Crippen molar-refractivity contribution >= 4 is 43.6 Å². The summed E-state index contributed by atoms with van der Waals surface area (Å²) in [6.07, 6.45) is 0. The monoisotopic (exact) mass is 803 g/mol. The van der Waals surface area contributed by atoms with Gasteiger partial charge in [-0.1, -0.05) is 200 Å². The number of hydrogen-bond donors (Lipinski definition) is 0. The largest absolute Gasteiger partial charge is 0.456 e. The van der Waals surface area contributed by atoms with E-state index < -0.39 is 0 Å². The first-order valence-electron chi connectivity index (χ1n) is 21.3. The summed E-state index contributed by atoms with van der Waals surface area (Å²) in [5.41, 5.74) is 16.2. The molecule has 0 aliphatic carbocycles. The van der Waals surface area contributed by atoms with Crippen LogP contribution in [0.25, 0.3) is 122 Å². The molecule has 0 saturated carbocycles. The lowest BCUT2D eigenvalue weighted by Crippen LogP contribution is -1.96. The second-order valence-electron chi connectivity index (χ2n) is 15.9. The molecule has 4 heteroatoms. The molecule has 0 saturated heterocycles. The highest BCUT2D eigenvalue weighted by Crippen LogP contribution is 2.46. The standard InChI is InChI=1S/C59H37N3O/c1-4-14-38(15-5-1)40-24-28-42(29-25-40)51-37-52(43-30-26-41(27-31-43)39-16-6-2-7-17-39)62-59(61-51)46-34-32-44(33-35-46)55-56-47-20-10-12-22-50(47)60-58(45-18-8-3-9-19-45)49(56)36-54-57(55)48-21-11-13-23-53(48)63-54/h1-37H. The van der Waals surface area contributed by atoms with E-state index in [0.29, 0.717) is 5.82 Å². The average Bonchev–Trinajstić information content (AvgIpc) is 3.74. The van der Waals surface area contributed by atoms with Crippen LogP contribution >= 0.6 is 0 Å². The molecule has 0 atom stereocenters. The fourth-order valence-corrected chi connectivity index (χ4v) is 9.01.